The monoisotopic (exact) mass is 464 g/mol. The van der Waals surface area contributed by atoms with Crippen LogP contribution in [0.5, 0.6) is 0 Å². The quantitative estimate of drug-likeness (QED) is 0.517. The lowest BCUT2D eigenvalue weighted by Gasteiger charge is -2.31. The van der Waals surface area contributed by atoms with Crippen molar-refractivity contribution < 1.29 is 18.0 Å². The number of hydrogen-bond acceptors (Lipinski definition) is 4. The number of carbonyl (C=O) groups excluding carboxylic acids is 1. The zero-order chi connectivity index (χ0) is 22.2. The average molecular weight is 465 g/mol. The van der Waals surface area contributed by atoms with E-state index in [2.05, 4.69) is 22.2 Å². The molecule has 3 aromatic rings. The molecule has 0 aliphatic carbocycles. The minimum absolute atomic E-state index is 0. The van der Waals surface area contributed by atoms with Crippen LogP contribution in [0, 0.1) is 12.8 Å². The first kappa shape index (κ1) is 23.8. The third-order valence-electron chi connectivity index (χ3n) is 5.50. The van der Waals surface area contributed by atoms with Gasteiger partial charge in [-0.3, -0.25) is 4.79 Å². The highest BCUT2D eigenvalue weighted by Crippen LogP contribution is 2.34. The summed E-state index contributed by atoms with van der Waals surface area (Å²) >= 11 is 0. The van der Waals surface area contributed by atoms with Crippen molar-refractivity contribution in [2.75, 3.05) is 18.4 Å². The van der Waals surface area contributed by atoms with Gasteiger partial charge in [0.1, 0.15) is 0 Å². The normalized spacial score (nSPS) is 16.5. The number of aromatic nitrogens is 2. The van der Waals surface area contributed by atoms with Crippen molar-refractivity contribution >= 4 is 40.7 Å². The average Bonchev–Trinajstić information content (AvgIpc) is 2.73. The molecule has 1 atom stereocenters. The van der Waals surface area contributed by atoms with E-state index >= 15 is 0 Å². The predicted molar refractivity (Wildman–Crippen MR) is 121 cm³/mol. The van der Waals surface area contributed by atoms with E-state index in [4.69, 9.17) is 0 Å². The molecule has 1 saturated heterocycles. The lowest BCUT2D eigenvalue weighted by molar-refractivity contribution is -0.137. The van der Waals surface area contributed by atoms with Gasteiger partial charge in [-0.2, -0.15) is 13.2 Å². The number of hydrogen-bond donors (Lipinski definition) is 1. The van der Waals surface area contributed by atoms with Crippen molar-refractivity contribution in [1.82, 2.24) is 14.9 Å². The molecule has 9 heteroatoms. The van der Waals surface area contributed by atoms with Crippen molar-refractivity contribution in [3.63, 3.8) is 0 Å². The molecule has 0 spiro atoms. The Morgan fingerprint density at radius 1 is 1.22 bits per heavy atom. The molecule has 1 fully saturated rings. The molecule has 4 rings (SSSR count). The summed E-state index contributed by atoms with van der Waals surface area (Å²) in [6.07, 6.45) is -1.01. The summed E-state index contributed by atoms with van der Waals surface area (Å²) in [5, 5.41) is 3.63. The number of anilines is 2. The number of piperidine rings is 1. The van der Waals surface area contributed by atoms with Crippen LogP contribution in [-0.2, 0) is 6.18 Å². The highest BCUT2D eigenvalue weighted by atomic mass is 35.5. The first-order valence-electron chi connectivity index (χ1n) is 10.2. The van der Waals surface area contributed by atoms with E-state index in [-0.39, 0.29) is 24.0 Å². The van der Waals surface area contributed by atoms with Crippen LogP contribution in [0.4, 0.5) is 24.5 Å². The predicted octanol–water partition coefficient (Wildman–Crippen LogP) is 5.99. The van der Waals surface area contributed by atoms with Gasteiger partial charge < -0.3 is 10.2 Å². The second-order valence-electron chi connectivity index (χ2n) is 8.07. The Morgan fingerprint density at radius 2 is 2.00 bits per heavy atom. The van der Waals surface area contributed by atoms with Crippen molar-refractivity contribution in [1.29, 1.82) is 0 Å². The molecular weight excluding hydrogens is 441 g/mol. The number of alkyl halides is 3. The van der Waals surface area contributed by atoms with Gasteiger partial charge in [0.25, 0.3) is 5.91 Å². The fraction of sp³-hybridized carbons (Fsp3) is 0.348. The molecule has 1 N–H and O–H groups in total. The molecule has 1 aliphatic rings. The van der Waals surface area contributed by atoms with Crippen molar-refractivity contribution in [2.45, 2.75) is 32.9 Å². The van der Waals surface area contributed by atoms with E-state index in [1.165, 1.54) is 12.3 Å². The van der Waals surface area contributed by atoms with Gasteiger partial charge >= 0.3 is 6.18 Å². The van der Waals surface area contributed by atoms with E-state index in [0.29, 0.717) is 41.3 Å². The summed E-state index contributed by atoms with van der Waals surface area (Å²) in [4.78, 5) is 23.9. The number of pyridine rings is 2. The van der Waals surface area contributed by atoms with Gasteiger partial charge in [-0.05, 0) is 56.0 Å². The molecule has 32 heavy (non-hydrogen) atoms. The maximum atomic E-state index is 13.3. The maximum absolute atomic E-state index is 13.3. The zero-order valence-electron chi connectivity index (χ0n) is 17.7. The van der Waals surface area contributed by atoms with Gasteiger partial charge in [0.15, 0.2) is 5.65 Å². The number of fused-ring (bicyclic) bond motifs is 1. The Labute approximate surface area is 190 Å². The molecule has 170 valence electrons. The molecule has 0 bridgehead atoms. The third-order valence-corrected chi connectivity index (χ3v) is 5.50. The molecule has 1 unspecified atom stereocenters. The summed E-state index contributed by atoms with van der Waals surface area (Å²) in [6.45, 7) is 5.23. The number of nitrogens with one attached hydrogen (secondary N) is 1. The molecule has 1 amide bonds. The highest BCUT2D eigenvalue weighted by Gasteiger charge is 2.31. The summed E-state index contributed by atoms with van der Waals surface area (Å²) in [7, 11) is 0. The van der Waals surface area contributed by atoms with Gasteiger partial charge in [-0.1, -0.05) is 13.0 Å². The standard InChI is InChI=1S/C23H23F3N4O.ClH/c1-14-5-4-10-30(13-14)22(31)19-12-27-21-18(9-8-15(2)28-21)20(19)29-17-7-3-6-16(11-17)23(24,25)26;/h3,6-9,11-12,14H,4-5,10,13H2,1-2H3,(H,27,28,29);1H. The Bertz CT molecular complexity index is 1140. The second kappa shape index (κ2) is 9.32. The molecule has 3 heterocycles. The van der Waals surface area contributed by atoms with Crippen LogP contribution >= 0.6 is 12.4 Å². The van der Waals surface area contributed by atoms with Crippen LogP contribution in [0.15, 0.2) is 42.6 Å². The summed E-state index contributed by atoms with van der Waals surface area (Å²) < 4.78 is 39.5. The minimum atomic E-state index is -4.46. The lowest BCUT2D eigenvalue weighted by Crippen LogP contribution is -2.39. The van der Waals surface area contributed by atoms with Crippen molar-refractivity contribution in [2.24, 2.45) is 5.92 Å². The number of rotatable bonds is 3. The summed E-state index contributed by atoms with van der Waals surface area (Å²) in [5.41, 5.74) is 1.41. The van der Waals surface area contributed by atoms with Gasteiger partial charge in [0.2, 0.25) is 0 Å². The molecule has 2 aromatic heterocycles. The number of nitrogens with zero attached hydrogens (tertiary/aromatic N) is 3. The van der Waals surface area contributed by atoms with Gasteiger partial charge in [-0.15, -0.1) is 12.4 Å². The largest absolute Gasteiger partial charge is 0.416 e. The van der Waals surface area contributed by atoms with E-state index in [0.717, 1.165) is 30.7 Å². The van der Waals surface area contributed by atoms with E-state index in [1.807, 2.05) is 6.92 Å². The van der Waals surface area contributed by atoms with Crippen LogP contribution in [0.1, 0.15) is 41.4 Å². The number of amides is 1. The van der Waals surface area contributed by atoms with E-state index < -0.39 is 11.7 Å². The topological polar surface area (TPSA) is 58.1 Å². The molecular formula is C23H24ClF3N4O. The smallest absolute Gasteiger partial charge is 0.354 e. The number of carbonyl (C=O) groups is 1. The molecule has 1 aromatic carbocycles. The Balaban J connectivity index is 0.00000289. The Kier molecular flexibility index (Phi) is 6.93. The SMILES string of the molecule is Cc1ccc2c(Nc3cccc(C(F)(F)F)c3)c(C(=O)N3CCCC(C)C3)cnc2n1.Cl. The van der Waals surface area contributed by atoms with Gasteiger partial charge in [-0.25, -0.2) is 9.97 Å². The maximum Gasteiger partial charge on any atom is 0.416 e. The number of likely N-dealkylation sites (tertiary alicyclic amines) is 1. The summed E-state index contributed by atoms with van der Waals surface area (Å²) in [6, 6.07) is 8.51. The second-order valence-corrected chi connectivity index (χ2v) is 8.07. The molecule has 0 saturated carbocycles. The molecule has 1 aliphatic heterocycles. The first-order valence-corrected chi connectivity index (χ1v) is 10.2. The first-order chi connectivity index (χ1) is 14.7. The third kappa shape index (κ3) is 4.96. The molecule has 5 nitrogen and oxygen atoms in total. The van der Waals surface area contributed by atoms with E-state index in [9.17, 15) is 18.0 Å². The fourth-order valence-corrected chi connectivity index (χ4v) is 3.93. The Morgan fingerprint density at radius 3 is 2.72 bits per heavy atom. The zero-order valence-corrected chi connectivity index (χ0v) is 18.6. The van der Waals surface area contributed by atoms with Crippen LogP contribution in [0.2, 0.25) is 0 Å². The van der Waals surface area contributed by atoms with Crippen LogP contribution in [0.25, 0.3) is 11.0 Å². The Hall–Kier alpha value is -2.87. The minimum Gasteiger partial charge on any atom is -0.354 e. The van der Waals surface area contributed by atoms with Crippen molar-refractivity contribution in [3.05, 3.63) is 59.4 Å². The van der Waals surface area contributed by atoms with Crippen molar-refractivity contribution in [3.8, 4) is 0 Å². The summed E-state index contributed by atoms with van der Waals surface area (Å²) in [5.74, 6) is 0.214. The lowest BCUT2D eigenvalue weighted by atomic mass is 9.99. The number of halogens is 4. The van der Waals surface area contributed by atoms with Gasteiger partial charge in [0.05, 0.1) is 16.8 Å². The van der Waals surface area contributed by atoms with E-state index in [1.54, 1.807) is 23.1 Å². The number of aryl methyl sites for hydroxylation is 1. The highest BCUT2D eigenvalue weighted by molar-refractivity contribution is 6.07. The molecule has 0 radical (unpaired) electrons. The van der Waals surface area contributed by atoms with Crippen LogP contribution in [0.3, 0.4) is 0 Å². The van der Waals surface area contributed by atoms with Crippen LogP contribution < -0.4 is 5.32 Å². The fourth-order valence-electron chi connectivity index (χ4n) is 3.93. The van der Waals surface area contributed by atoms with Gasteiger partial charge in [0, 0.05) is 36.1 Å². The van der Waals surface area contributed by atoms with Crippen LogP contribution in [-0.4, -0.2) is 33.9 Å². The number of benzene rings is 1.